The number of carbonyl (C=O) groups is 1. The first-order valence-corrected chi connectivity index (χ1v) is 7.23. The molecule has 1 saturated carbocycles. The first kappa shape index (κ1) is 15.0. The summed E-state index contributed by atoms with van der Waals surface area (Å²) in [6.45, 7) is 11.7. The summed E-state index contributed by atoms with van der Waals surface area (Å²) in [5.41, 5.74) is 2.73. The van der Waals surface area contributed by atoms with Crippen LogP contribution in [0.2, 0.25) is 0 Å². The van der Waals surface area contributed by atoms with E-state index in [1.54, 1.807) is 6.92 Å². The molecule has 3 nitrogen and oxygen atoms in total. The lowest BCUT2D eigenvalue weighted by atomic mass is 10.00. The summed E-state index contributed by atoms with van der Waals surface area (Å²) in [6.07, 6.45) is 0. The number of hydrogen-bond acceptors (Lipinski definition) is 2. The van der Waals surface area contributed by atoms with Gasteiger partial charge < -0.3 is 10.4 Å². The van der Waals surface area contributed by atoms with E-state index in [0.717, 1.165) is 12.1 Å². The lowest BCUT2D eigenvalue weighted by molar-refractivity contribution is -0.138. The molecule has 1 atom stereocenters. The molecule has 2 rings (SSSR count). The highest BCUT2D eigenvalue weighted by molar-refractivity contribution is 5.75. The second kappa shape index (κ2) is 4.88. The van der Waals surface area contributed by atoms with Gasteiger partial charge in [0.25, 0.3) is 0 Å². The molecule has 0 aromatic heterocycles. The van der Waals surface area contributed by atoms with Gasteiger partial charge in [-0.25, -0.2) is 0 Å². The van der Waals surface area contributed by atoms with Crippen molar-refractivity contribution in [1.82, 2.24) is 5.32 Å². The summed E-state index contributed by atoms with van der Waals surface area (Å²) in [5.74, 6) is -1.23. The van der Waals surface area contributed by atoms with E-state index in [4.69, 9.17) is 5.11 Å². The number of aliphatic carboxylic acids is 1. The number of carboxylic acids is 1. The number of rotatable bonds is 5. The number of nitrogens with one attached hydrogen (secondary N) is 1. The first-order chi connectivity index (χ1) is 9.18. The zero-order valence-electron chi connectivity index (χ0n) is 13.0. The van der Waals surface area contributed by atoms with E-state index >= 15 is 0 Å². The van der Waals surface area contributed by atoms with Crippen LogP contribution in [-0.4, -0.2) is 17.1 Å². The minimum absolute atomic E-state index is 0.338. The maximum Gasteiger partial charge on any atom is 0.310 e. The van der Waals surface area contributed by atoms with Crippen molar-refractivity contribution in [2.75, 3.05) is 0 Å². The molecule has 1 fully saturated rings. The molecule has 0 bridgehead atoms. The Hall–Kier alpha value is -1.35. The number of carboxylic acid groups (broad SMARTS) is 1. The van der Waals surface area contributed by atoms with Gasteiger partial charge >= 0.3 is 5.97 Å². The van der Waals surface area contributed by atoms with Crippen molar-refractivity contribution in [3.8, 4) is 0 Å². The van der Waals surface area contributed by atoms with E-state index in [2.05, 4.69) is 33.0 Å². The summed E-state index contributed by atoms with van der Waals surface area (Å²) in [6, 6.07) is 8.40. The average molecular weight is 275 g/mol. The van der Waals surface area contributed by atoms with Crippen LogP contribution in [0.25, 0.3) is 0 Å². The molecule has 110 valence electrons. The van der Waals surface area contributed by atoms with Crippen LogP contribution >= 0.6 is 0 Å². The monoisotopic (exact) mass is 275 g/mol. The van der Waals surface area contributed by atoms with Gasteiger partial charge in [0.05, 0.1) is 5.92 Å². The van der Waals surface area contributed by atoms with Crippen LogP contribution < -0.4 is 5.32 Å². The van der Waals surface area contributed by atoms with Gasteiger partial charge in [-0.2, -0.15) is 0 Å². The summed E-state index contributed by atoms with van der Waals surface area (Å²) >= 11 is 0. The van der Waals surface area contributed by atoms with E-state index < -0.39 is 11.9 Å². The van der Waals surface area contributed by atoms with Crippen molar-refractivity contribution < 1.29 is 9.90 Å². The Labute approximate surface area is 121 Å². The van der Waals surface area contributed by atoms with Crippen molar-refractivity contribution >= 4 is 5.97 Å². The van der Waals surface area contributed by atoms with Crippen LogP contribution in [0.4, 0.5) is 0 Å². The maximum absolute atomic E-state index is 10.9. The average Bonchev–Trinajstić information content (AvgIpc) is 2.77. The van der Waals surface area contributed by atoms with E-state index in [-0.39, 0.29) is 0 Å². The zero-order valence-corrected chi connectivity index (χ0v) is 13.0. The van der Waals surface area contributed by atoms with E-state index in [1.807, 2.05) is 24.3 Å². The molecule has 3 heteroatoms. The molecule has 1 aliphatic carbocycles. The Morgan fingerprint density at radius 2 is 1.70 bits per heavy atom. The first-order valence-electron chi connectivity index (χ1n) is 7.23. The van der Waals surface area contributed by atoms with Gasteiger partial charge in [0.15, 0.2) is 0 Å². The minimum Gasteiger partial charge on any atom is -0.481 e. The van der Waals surface area contributed by atoms with Crippen molar-refractivity contribution in [2.24, 2.45) is 10.8 Å². The molecule has 0 spiro atoms. The largest absolute Gasteiger partial charge is 0.481 e. The summed E-state index contributed by atoms with van der Waals surface area (Å²) in [7, 11) is 0. The molecular formula is C17H25NO2. The Bertz CT molecular complexity index is 488. The normalized spacial score (nSPS) is 21.4. The van der Waals surface area contributed by atoms with Gasteiger partial charge in [-0.3, -0.25) is 4.79 Å². The van der Waals surface area contributed by atoms with Gasteiger partial charge in [-0.05, 0) is 28.9 Å². The molecule has 1 aromatic rings. The topological polar surface area (TPSA) is 49.3 Å². The van der Waals surface area contributed by atoms with E-state index in [1.165, 1.54) is 5.56 Å². The predicted molar refractivity (Wildman–Crippen MR) is 80.7 cm³/mol. The van der Waals surface area contributed by atoms with Crippen LogP contribution in [0.5, 0.6) is 0 Å². The second-order valence-corrected chi connectivity index (χ2v) is 7.06. The van der Waals surface area contributed by atoms with Crippen molar-refractivity contribution in [1.29, 1.82) is 0 Å². The lowest BCUT2D eigenvalue weighted by Gasteiger charge is -2.09. The van der Waals surface area contributed by atoms with Gasteiger partial charge in [0.1, 0.15) is 0 Å². The number of hydrogen-bond donors (Lipinski definition) is 2. The van der Waals surface area contributed by atoms with Crippen LogP contribution in [0.1, 0.15) is 51.7 Å². The molecule has 0 saturated heterocycles. The maximum atomic E-state index is 10.9. The Kier molecular flexibility index (Phi) is 3.67. The highest BCUT2D eigenvalue weighted by Gasteiger charge is 2.64. The van der Waals surface area contributed by atoms with Crippen molar-refractivity contribution in [2.45, 2.75) is 53.1 Å². The Balaban J connectivity index is 1.94. The fourth-order valence-corrected chi connectivity index (χ4v) is 2.99. The Morgan fingerprint density at radius 3 is 2.10 bits per heavy atom. The molecule has 2 N–H and O–H groups in total. The summed E-state index contributed by atoms with van der Waals surface area (Å²) in [5, 5.41) is 12.6. The molecule has 1 aliphatic rings. The van der Waals surface area contributed by atoms with Crippen LogP contribution in [0.3, 0.4) is 0 Å². The molecule has 0 radical (unpaired) electrons. The third kappa shape index (κ3) is 2.47. The molecular weight excluding hydrogens is 250 g/mol. The minimum atomic E-state index is -0.780. The molecule has 20 heavy (non-hydrogen) atoms. The molecule has 0 heterocycles. The van der Waals surface area contributed by atoms with E-state index in [0.29, 0.717) is 16.9 Å². The predicted octanol–water partition coefficient (Wildman–Crippen LogP) is 3.40. The van der Waals surface area contributed by atoms with Crippen molar-refractivity contribution in [3.05, 3.63) is 35.4 Å². The smallest absolute Gasteiger partial charge is 0.310 e. The van der Waals surface area contributed by atoms with Gasteiger partial charge in [-0.1, -0.05) is 52.0 Å². The lowest BCUT2D eigenvalue weighted by Crippen LogP contribution is -2.21. The molecule has 1 aromatic carbocycles. The third-order valence-electron chi connectivity index (χ3n) is 5.38. The summed E-state index contributed by atoms with van der Waals surface area (Å²) in [4.78, 5) is 10.9. The fourth-order valence-electron chi connectivity index (χ4n) is 2.99. The second-order valence-electron chi connectivity index (χ2n) is 7.06. The Morgan fingerprint density at radius 1 is 1.20 bits per heavy atom. The van der Waals surface area contributed by atoms with Gasteiger partial charge in [0.2, 0.25) is 0 Å². The molecule has 0 amide bonds. The molecule has 0 aliphatic heterocycles. The van der Waals surface area contributed by atoms with Crippen LogP contribution in [0, 0.1) is 10.8 Å². The SMILES string of the molecule is CC(C(=O)O)c1ccc(CNC2C(C)(C)C2(C)C)cc1. The van der Waals surface area contributed by atoms with Crippen LogP contribution in [-0.2, 0) is 11.3 Å². The van der Waals surface area contributed by atoms with Crippen molar-refractivity contribution in [3.63, 3.8) is 0 Å². The standard InChI is InChI=1S/C17H25NO2/c1-11(14(19)20)13-8-6-12(7-9-13)10-18-15-16(2,3)17(15,4)5/h6-9,11,15,18H,10H2,1-5H3,(H,19,20). The third-order valence-corrected chi connectivity index (χ3v) is 5.38. The van der Waals surface area contributed by atoms with Crippen LogP contribution in [0.15, 0.2) is 24.3 Å². The number of benzene rings is 1. The fraction of sp³-hybridized carbons (Fsp3) is 0.588. The van der Waals surface area contributed by atoms with Gasteiger partial charge in [-0.15, -0.1) is 0 Å². The van der Waals surface area contributed by atoms with E-state index in [9.17, 15) is 4.79 Å². The quantitative estimate of drug-likeness (QED) is 0.866. The van der Waals surface area contributed by atoms with Gasteiger partial charge in [0, 0.05) is 12.6 Å². The highest BCUT2D eigenvalue weighted by Crippen LogP contribution is 2.62. The summed E-state index contributed by atoms with van der Waals surface area (Å²) < 4.78 is 0. The zero-order chi connectivity index (χ0) is 15.1. The highest BCUT2D eigenvalue weighted by atomic mass is 16.4. The molecule has 1 unspecified atom stereocenters.